The van der Waals surface area contributed by atoms with E-state index in [9.17, 15) is 4.79 Å². The third-order valence-corrected chi connectivity index (χ3v) is 3.87. The Morgan fingerprint density at radius 3 is 2.56 bits per heavy atom. The van der Waals surface area contributed by atoms with Crippen molar-refractivity contribution in [1.82, 2.24) is 0 Å². The van der Waals surface area contributed by atoms with Gasteiger partial charge in [0.15, 0.2) is 5.78 Å². The molecule has 0 N–H and O–H groups in total. The summed E-state index contributed by atoms with van der Waals surface area (Å²) in [6, 6.07) is 13.8. The number of rotatable bonds is 3. The van der Waals surface area contributed by atoms with Crippen LogP contribution in [0.3, 0.4) is 0 Å². The molecule has 1 nitrogen and oxygen atoms in total. The summed E-state index contributed by atoms with van der Waals surface area (Å²) >= 11 is 3.46. The van der Waals surface area contributed by atoms with E-state index in [2.05, 4.69) is 22.0 Å². The van der Waals surface area contributed by atoms with E-state index in [0.717, 1.165) is 21.2 Å². The molecular formula is C16H15BrO. The minimum atomic E-state index is 0.166. The van der Waals surface area contributed by atoms with Gasteiger partial charge >= 0.3 is 0 Å². The first kappa shape index (κ1) is 13.0. The second-order valence-corrected chi connectivity index (χ2v) is 5.36. The summed E-state index contributed by atoms with van der Waals surface area (Å²) in [5.41, 5.74) is 4.06. The number of hydrogen-bond acceptors (Lipinski definition) is 1. The van der Waals surface area contributed by atoms with Crippen molar-refractivity contribution in [2.75, 3.05) is 0 Å². The summed E-state index contributed by atoms with van der Waals surface area (Å²) in [6.45, 7) is 4.01. The molecule has 0 aliphatic heterocycles. The van der Waals surface area contributed by atoms with Gasteiger partial charge in [0.1, 0.15) is 0 Å². The van der Waals surface area contributed by atoms with E-state index < -0.39 is 0 Å². The molecule has 0 aliphatic carbocycles. The van der Waals surface area contributed by atoms with Crippen LogP contribution in [0.5, 0.6) is 0 Å². The van der Waals surface area contributed by atoms with Gasteiger partial charge in [-0.1, -0.05) is 57.9 Å². The minimum Gasteiger partial charge on any atom is -0.294 e. The summed E-state index contributed by atoms with van der Waals surface area (Å²) in [5, 5.41) is 0. The molecule has 0 spiro atoms. The number of benzene rings is 2. The molecule has 0 aliphatic rings. The molecule has 0 atom stereocenters. The van der Waals surface area contributed by atoms with E-state index in [1.54, 1.807) is 0 Å². The molecule has 2 aromatic carbocycles. The Hall–Kier alpha value is -1.41. The van der Waals surface area contributed by atoms with E-state index in [4.69, 9.17) is 0 Å². The van der Waals surface area contributed by atoms with E-state index in [-0.39, 0.29) is 5.78 Å². The van der Waals surface area contributed by atoms with Crippen LogP contribution >= 0.6 is 15.9 Å². The fraction of sp³-hybridized carbons (Fsp3) is 0.188. The van der Waals surface area contributed by atoms with E-state index in [1.807, 2.05) is 50.2 Å². The third-order valence-electron chi connectivity index (χ3n) is 3.02. The van der Waals surface area contributed by atoms with Crippen molar-refractivity contribution in [3.63, 3.8) is 0 Å². The van der Waals surface area contributed by atoms with Gasteiger partial charge < -0.3 is 0 Å². The zero-order chi connectivity index (χ0) is 13.1. The predicted octanol–water partition coefficient (Wildman–Crippen LogP) is 4.49. The number of hydrogen-bond donors (Lipinski definition) is 0. The average Bonchev–Trinajstić information content (AvgIpc) is 2.32. The molecular weight excluding hydrogens is 288 g/mol. The van der Waals surface area contributed by atoms with Gasteiger partial charge in [-0.25, -0.2) is 0 Å². The molecule has 0 saturated carbocycles. The molecule has 0 heterocycles. The first-order valence-corrected chi connectivity index (χ1v) is 6.71. The molecule has 0 aromatic heterocycles. The maximum atomic E-state index is 12.3. The number of carbonyl (C=O) groups excluding carboxylic acids is 1. The highest BCUT2D eigenvalue weighted by molar-refractivity contribution is 9.10. The highest BCUT2D eigenvalue weighted by Gasteiger charge is 2.11. The Bertz CT molecular complexity index is 587. The molecule has 18 heavy (non-hydrogen) atoms. The standard InChI is InChI=1S/C16H15BrO/c1-11-5-3-6-13(9-11)10-16(18)14-7-4-8-15(17)12(14)2/h3-9H,10H2,1-2H3. The predicted molar refractivity (Wildman–Crippen MR) is 78.1 cm³/mol. The minimum absolute atomic E-state index is 0.166. The summed E-state index contributed by atoms with van der Waals surface area (Å²) in [5.74, 6) is 0.166. The Morgan fingerprint density at radius 2 is 1.83 bits per heavy atom. The summed E-state index contributed by atoms with van der Waals surface area (Å²) in [6.07, 6.45) is 0.457. The van der Waals surface area contributed by atoms with Crippen LogP contribution in [0.2, 0.25) is 0 Å². The van der Waals surface area contributed by atoms with Gasteiger partial charge in [-0.3, -0.25) is 4.79 Å². The Morgan fingerprint density at radius 1 is 1.11 bits per heavy atom. The van der Waals surface area contributed by atoms with Gasteiger partial charge in [-0.2, -0.15) is 0 Å². The molecule has 0 unspecified atom stereocenters. The van der Waals surface area contributed by atoms with Crippen molar-refractivity contribution in [3.05, 3.63) is 69.2 Å². The highest BCUT2D eigenvalue weighted by Crippen LogP contribution is 2.21. The molecule has 0 bridgehead atoms. The largest absolute Gasteiger partial charge is 0.294 e. The first-order chi connectivity index (χ1) is 8.58. The second kappa shape index (κ2) is 5.49. The molecule has 2 heteroatoms. The van der Waals surface area contributed by atoms with Crippen LogP contribution in [0.4, 0.5) is 0 Å². The Balaban J connectivity index is 2.25. The number of ketones is 1. The zero-order valence-corrected chi connectivity index (χ0v) is 12.1. The van der Waals surface area contributed by atoms with Crippen molar-refractivity contribution >= 4 is 21.7 Å². The van der Waals surface area contributed by atoms with Crippen molar-refractivity contribution in [2.24, 2.45) is 0 Å². The van der Waals surface area contributed by atoms with E-state index >= 15 is 0 Å². The third kappa shape index (κ3) is 2.88. The van der Waals surface area contributed by atoms with Gasteiger partial charge in [-0.15, -0.1) is 0 Å². The van der Waals surface area contributed by atoms with Crippen LogP contribution in [-0.4, -0.2) is 5.78 Å². The lowest BCUT2D eigenvalue weighted by atomic mass is 9.98. The monoisotopic (exact) mass is 302 g/mol. The van der Waals surface area contributed by atoms with Gasteiger partial charge in [0, 0.05) is 16.5 Å². The van der Waals surface area contributed by atoms with Crippen molar-refractivity contribution < 1.29 is 4.79 Å². The Kier molecular flexibility index (Phi) is 3.97. The van der Waals surface area contributed by atoms with Gasteiger partial charge in [0.25, 0.3) is 0 Å². The maximum Gasteiger partial charge on any atom is 0.167 e. The molecule has 2 aromatic rings. The fourth-order valence-electron chi connectivity index (χ4n) is 2.01. The van der Waals surface area contributed by atoms with Crippen LogP contribution in [0, 0.1) is 13.8 Å². The smallest absolute Gasteiger partial charge is 0.167 e. The molecule has 2 rings (SSSR count). The lowest BCUT2D eigenvalue weighted by Gasteiger charge is -2.07. The SMILES string of the molecule is Cc1cccc(CC(=O)c2cccc(Br)c2C)c1. The van der Waals surface area contributed by atoms with Crippen LogP contribution in [0.25, 0.3) is 0 Å². The molecule has 0 amide bonds. The summed E-state index contributed by atoms with van der Waals surface area (Å²) in [7, 11) is 0. The number of aryl methyl sites for hydroxylation is 1. The Labute approximate surface area is 116 Å². The van der Waals surface area contributed by atoms with Crippen molar-refractivity contribution in [3.8, 4) is 0 Å². The molecule has 92 valence electrons. The topological polar surface area (TPSA) is 17.1 Å². The lowest BCUT2D eigenvalue weighted by Crippen LogP contribution is -2.06. The quantitative estimate of drug-likeness (QED) is 0.763. The van der Waals surface area contributed by atoms with Crippen LogP contribution in [0.1, 0.15) is 27.0 Å². The number of carbonyl (C=O) groups is 1. The van der Waals surface area contributed by atoms with Crippen LogP contribution < -0.4 is 0 Å². The van der Waals surface area contributed by atoms with E-state index in [1.165, 1.54) is 5.56 Å². The highest BCUT2D eigenvalue weighted by atomic mass is 79.9. The van der Waals surface area contributed by atoms with Gasteiger partial charge in [-0.05, 0) is 31.0 Å². The fourth-order valence-corrected chi connectivity index (χ4v) is 2.38. The van der Waals surface area contributed by atoms with Crippen molar-refractivity contribution in [2.45, 2.75) is 20.3 Å². The first-order valence-electron chi connectivity index (χ1n) is 5.92. The second-order valence-electron chi connectivity index (χ2n) is 4.50. The van der Waals surface area contributed by atoms with Crippen LogP contribution in [0.15, 0.2) is 46.9 Å². The zero-order valence-electron chi connectivity index (χ0n) is 10.5. The number of Topliss-reactive ketones (excluding diaryl/α,β-unsaturated/α-hetero) is 1. The summed E-state index contributed by atoms with van der Waals surface area (Å²) < 4.78 is 0.984. The molecule has 0 radical (unpaired) electrons. The number of halogens is 1. The molecule has 0 fully saturated rings. The normalized spacial score (nSPS) is 10.4. The molecule has 0 saturated heterocycles. The summed E-state index contributed by atoms with van der Waals surface area (Å²) in [4.78, 5) is 12.3. The average molecular weight is 303 g/mol. The van der Waals surface area contributed by atoms with Crippen LogP contribution in [-0.2, 0) is 6.42 Å². The lowest BCUT2D eigenvalue weighted by molar-refractivity contribution is 0.0992. The van der Waals surface area contributed by atoms with Gasteiger partial charge in [0.2, 0.25) is 0 Å². The van der Waals surface area contributed by atoms with Crippen molar-refractivity contribution in [1.29, 1.82) is 0 Å². The maximum absolute atomic E-state index is 12.3. The van der Waals surface area contributed by atoms with E-state index in [0.29, 0.717) is 6.42 Å². The van der Waals surface area contributed by atoms with Gasteiger partial charge in [0.05, 0.1) is 0 Å².